The van der Waals surface area contributed by atoms with Gasteiger partial charge in [0.1, 0.15) is 11.5 Å². The number of amides is 1. The number of anilines is 1. The van der Waals surface area contributed by atoms with Crippen LogP contribution in [-0.4, -0.2) is 40.6 Å². The summed E-state index contributed by atoms with van der Waals surface area (Å²) in [5, 5.41) is 12.0. The van der Waals surface area contributed by atoms with Crippen molar-refractivity contribution in [3.8, 4) is 23.1 Å². The number of benzene rings is 1. The molecule has 0 atom stereocenters. The van der Waals surface area contributed by atoms with Crippen LogP contribution in [0, 0.1) is 5.92 Å². The lowest BCUT2D eigenvalue weighted by molar-refractivity contribution is -0.113. The molecule has 0 bridgehead atoms. The van der Waals surface area contributed by atoms with Gasteiger partial charge >= 0.3 is 0 Å². The van der Waals surface area contributed by atoms with Gasteiger partial charge < -0.3 is 19.2 Å². The fraction of sp³-hybridized carbons (Fsp3) is 0.350. The van der Waals surface area contributed by atoms with Gasteiger partial charge in [-0.2, -0.15) is 0 Å². The number of carbonyl (C=O) groups excluding carboxylic acids is 1. The molecule has 0 unspecified atom stereocenters. The lowest BCUT2D eigenvalue weighted by Crippen LogP contribution is -2.15. The van der Waals surface area contributed by atoms with Gasteiger partial charge in [0.25, 0.3) is 0 Å². The van der Waals surface area contributed by atoms with Crippen molar-refractivity contribution in [2.45, 2.75) is 25.5 Å². The lowest BCUT2D eigenvalue weighted by atomic mass is 10.2. The van der Waals surface area contributed by atoms with Crippen LogP contribution in [0.25, 0.3) is 11.6 Å². The second-order valence-electron chi connectivity index (χ2n) is 6.73. The number of rotatable bonds is 9. The third kappa shape index (κ3) is 5.32. The number of aromatic nitrogens is 3. The largest absolute Gasteiger partial charge is 0.497 e. The monoisotopic (exact) mass is 416 g/mol. The van der Waals surface area contributed by atoms with Crippen LogP contribution in [0.3, 0.4) is 0 Å². The number of thioether (sulfide) groups is 1. The number of ether oxygens (including phenoxy) is 2. The van der Waals surface area contributed by atoms with Crippen LogP contribution in [0.2, 0.25) is 0 Å². The number of hydrogen-bond acceptors (Lipinski definition) is 7. The van der Waals surface area contributed by atoms with Crippen LogP contribution in [0.15, 0.2) is 46.2 Å². The molecule has 0 saturated carbocycles. The van der Waals surface area contributed by atoms with Crippen LogP contribution >= 0.6 is 11.8 Å². The summed E-state index contributed by atoms with van der Waals surface area (Å²) in [6, 6.07) is 8.88. The number of hydrogen-bond donors (Lipinski definition) is 1. The van der Waals surface area contributed by atoms with E-state index in [-0.39, 0.29) is 11.7 Å². The van der Waals surface area contributed by atoms with E-state index in [9.17, 15) is 4.79 Å². The predicted molar refractivity (Wildman–Crippen MR) is 111 cm³/mol. The predicted octanol–water partition coefficient (Wildman–Crippen LogP) is 3.94. The molecule has 2 heterocycles. The summed E-state index contributed by atoms with van der Waals surface area (Å²) >= 11 is 1.33. The molecule has 154 valence electrons. The van der Waals surface area contributed by atoms with Crippen LogP contribution < -0.4 is 14.8 Å². The molecule has 1 amide bonds. The van der Waals surface area contributed by atoms with E-state index in [4.69, 9.17) is 13.9 Å². The van der Waals surface area contributed by atoms with Gasteiger partial charge in [0.15, 0.2) is 16.7 Å². The number of methoxy groups -OCH3 is 2. The molecule has 3 aromatic rings. The third-order valence-corrected chi connectivity index (χ3v) is 4.94. The highest BCUT2D eigenvalue weighted by molar-refractivity contribution is 7.99. The van der Waals surface area contributed by atoms with Crippen molar-refractivity contribution in [2.24, 2.45) is 5.92 Å². The van der Waals surface area contributed by atoms with Crippen LogP contribution in [-0.2, 0) is 11.3 Å². The first-order valence-electron chi connectivity index (χ1n) is 9.13. The topological polar surface area (TPSA) is 91.4 Å². The SMILES string of the molecule is COc1cc(NC(=O)CSc2nnc(-c3ccco3)n2CC(C)C)cc(OC)c1. The zero-order chi connectivity index (χ0) is 20.8. The van der Waals surface area contributed by atoms with Gasteiger partial charge in [-0.25, -0.2) is 0 Å². The Bertz CT molecular complexity index is 931. The van der Waals surface area contributed by atoms with Gasteiger partial charge in [-0.15, -0.1) is 10.2 Å². The molecule has 3 rings (SSSR count). The van der Waals surface area contributed by atoms with Gasteiger partial charge in [0.05, 0.1) is 26.2 Å². The standard InChI is InChI=1S/C20H24N4O4S/c1-13(2)11-24-19(17-6-5-7-28-17)22-23-20(24)29-12-18(25)21-14-8-15(26-3)10-16(9-14)27-4/h5-10,13H,11-12H2,1-4H3,(H,21,25). The minimum atomic E-state index is -0.163. The average Bonchev–Trinajstić information content (AvgIpc) is 3.35. The molecule has 0 aliphatic carbocycles. The Labute approximate surface area is 173 Å². The highest BCUT2D eigenvalue weighted by atomic mass is 32.2. The Morgan fingerprint density at radius 1 is 1.21 bits per heavy atom. The van der Waals surface area contributed by atoms with Crippen molar-refractivity contribution in [2.75, 3.05) is 25.3 Å². The molecule has 8 nitrogen and oxygen atoms in total. The molecule has 0 fully saturated rings. The lowest BCUT2D eigenvalue weighted by Gasteiger charge is -2.12. The van der Waals surface area contributed by atoms with Crippen molar-refractivity contribution < 1.29 is 18.7 Å². The summed E-state index contributed by atoms with van der Waals surface area (Å²) in [5.41, 5.74) is 0.603. The van der Waals surface area contributed by atoms with Crippen molar-refractivity contribution in [1.82, 2.24) is 14.8 Å². The number of furan rings is 1. The molecule has 1 aromatic carbocycles. The zero-order valence-electron chi connectivity index (χ0n) is 16.8. The smallest absolute Gasteiger partial charge is 0.234 e. The molecule has 9 heteroatoms. The first-order chi connectivity index (χ1) is 14.0. The van der Waals surface area contributed by atoms with Crippen molar-refractivity contribution >= 4 is 23.4 Å². The first kappa shape index (κ1) is 20.8. The zero-order valence-corrected chi connectivity index (χ0v) is 17.7. The second-order valence-corrected chi connectivity index (χ2v) is 7.67. The van der Waals surface area contributed by atoms with E-state index in [1.165, 1.54) is 11.8 Å². The van der Waals surface area contributed by atoms with Gasteiger partial charge in [0, 0.05) is 30.4 Å². The summed E-state index contributed by atoms with van der Waals surface area (Å²) in [6.07, 6.45) is 1.60. The molecule has 0 aliphatic rings. The molecule has 1 N–H and O–H groups in total. The Morgan fingerprint density at radius 3 is 2.52 bits per heavy atom. The molecule has 0 radical (unpaired) electrons. The Hall–Kier alpha value is -2.94. The Morgan fingerprint density at radius 2 is 1.93 bits per heavy atom. The van der Waals surface area contributed by atoms with E-state index in [0.29, 0.717) is 39.8 Å². The summed E-state index contributed by atoms with van der Waals surface area (Å²) in [4.78, 5) is 12.5. The minimum absolute atomic E-state index is 0.163. The highest BCUT2D eigenvalue weighted by Crippen LogP contribution is 2.27. The van der Waals surface area contributed by atoms with Crippen LogP contribution in [0.5, 0.6) is 11.5 Å². The first-order valence-corrected chi connectivity index (χ1v) is 10.1. The fourth-order valence-electron chi connectivity index (χ4n) is 2.72. The summed E-state index contributed by atoms with van der Waals surface area (Å²) < 4.78 is 17.9. The fourth-order valence-corrected chi connectivity index (χ4v) is 3.47. The Balaban J connectivity index is 1.70. The van der Waals surface area contributed by atoms with Crippen LogP contribution in [0.1, 0.15) is 13.8 Å². The maximum absolute atomic E-state index is 12.5. The maximum atomic E-state index is 12.5. The quantitative estimate of drug-likeness (QED) is 0.528. The number of carbonyl (C=O) groups is 1. The molecule has 29 heavy (non-hydrogen) atoms. The second kappa shape index (κ2) is 9.51. The molecule has 0 spiro atoms. The summed E-state index contributed by atoms with van der Waals surface area (Å²) in [5.74, 6) is 2.93. The summed E-state index contributed by atoms with van der Waals surface area (Å²) in [7, 11) is 3.13. The number of nitrogens with one attached hydrogen (secondary N) is 1. The van der Waals surface area contributed by atoms with Gasteiger partial charge in [0.2, 0.25) is 5.91 Å². The molecule has 0 saturated heterocycles. The Kier molecular flexibility index (Phi) is 6.82. The van der Waals surface area contributed by atoms with Gasteiger partial charge in [-0.3, -0.25) is 9.36 Å². The van der Waals surface area contributed by atoms with E-state index in [1.54, 1.807) is 38.7 Å². The van der Waals surface area contributed by atoms with E-state index >= 15 is 0 Å². The van der Waals surface area contributed by atoms with E-state index < -0.39 is 0 Å². The van der Waals surface area contributed by atoms with Gasteiger partial charge in [-0.05, 0) is 18.1 Å². The molecule has 2 aromatic heterocycles. The van der Waals surface area contributed by atoms with Crippen LogP contribution in [0.4, 0.5) is 5.69 Å². The molecule has 0 aliphatic heterocycles. The van der Waals surface area contributed by atoms with E-state index in [0.717, 1.165) is 6.54 Å². The van der Waals surface area contributed by atoms with Crippen molar-refractivity contribution in [1.29, 1.82) is 0 Å². The molecular weight excluding hydrogens is 392 g/mol. The average molecular weight is 417 g/mol. The van der Waals surface area contributed by atoms with Gasteiger partial charge in [-0.1, -0.05) is 25.6 Å². The van der Waals surface area contributed by atoms with Crippen molar-refractivity contribution in [3.05, 3.63) is 36.6 Å². The highest BCUT2D eigenvalue weighted by Gasteiger charge is 2.18. The van der Waals surface area contributed by atoms with E-state index in [2.05, 4.69) is 29.4 Å². The molecular formula is C20H24N4O4S. The van der Waals surface area contributed by atoms with E-state index in [1.807, 2.05) is 16.7 Å². The normalized spacial score (nSPS) is 10.9. The minimum Gasteiger partial charge on any atom is -0.497 e. The third-order valence-electron chi connectivity index (χ3n) is 3.97. The van der Waals surface area contributed by atoms with Crippen molar-refractivity contribution in [3.63, 3.8) is 0 Å². The number of nitrogens with zero attached hydrogens (tertiary/aromatic N) is 3. The maximum Gasteiger partial charge on any atom is 0.234 e. The summed E-state index contributed by atoms with van der Waals surface area (Å²) in [6.45, 7) is 4.95.